The smallest absolute Gasteiger partial charge is 0.265 e. The van der Waals surface area contributed by atoms with E-state index in [4.69, 9.17) is 5.21 Å². The van der Waals surface area contributed by atoms with Crippen LogP contribution in [0.1, 0.15) is 12.8 Å². The van der Waals surface area contributed by atoms with Gasteiger partial charge in [0.05, 0.1) is 16.8 Å². The molecule has 3 aromatic rings. The molecule has 1 aliphatic heterocycles. The second-order valence-corrected chi connectivity index (χ2v) is 9.50. The van der Waals surface area contributed by atoms with Crippen LogP contribution in [0.4, 0.5) is 4.39 Å². The molecule has 3 N–H and O–H groups in total. The van der Waals surface area contributed by atoms with Crippen molar-refractivity contribution >= 4 is 15.7 Å². The van der Waals surface area contributed by atoms with Crippen molar-refractivity contribution in [2.45, 2.75) is 22.5 Å². The molecule has 4 rings (SSSR count). The maximum atomic E-state index is 13.3. The van der Waals surface area contributed by atoms with Gasteiger partial charge in [0.2, 0.25) is 0 Å². The Kier molecular flexibility index (Phi) is 5.56. The van der Waals surface area contributed by atoms with Crippen molar-refractivity contribution in [2.24, 2.45) is 0 Å². The molecule has 2 aromatic carbocycles. The van der Waals surface area contributed by atoms with E-state index in [1.54, 1.807) is 30.5 Å². The molecule has 0 bridgehead atoms. The number of hydroxylamine groups is 1. The number of rotatable bonds is 5. The molecule has 0 radical (unpaired) electrons. The molecule has 0 atom stereocenters. The van der Waals surface area contributed by atoms with E-state index in [9.17, 15) is 17.6 Å². The van der Waals surface area contributed by atoms with Crippen molar-refractivity contribution in [1.29, 1.82) is 0 Å². The lowest BCUT2D eigenvalue weighted by molar-refractivity contribution is -0.132. The summed E-state index contributed by atoms with van der Waals surface area (Å²) >= 11 is 0. The number of carbonyl (C=O) groups is 1. The first-order chi connectivity index (χ1) is 14.9. The molecule has 9 nitrogen and oxygen atoms in total. The number of sulfone groups is 1. The Morgan fingerprint density at radius 3 is 2.35 bits per heavy atom. The summed E-state index contributed by atoms with van der Waals surface area (Å²) < 4.78 is 39.5. The fourth-order valence-corrected chi connectivity index (χ4v) is 5.67. The number of halogens is 1. The minimum atomic E-state index is -4.07. The van der Waals surface area contributed by atoms with Crippen molar-refractivity contribution in [1.82, 2.24) is 25.8 Å². The summed E-state index contributed by atoms with van der Waals surface area (Å²) in [4.78, 5) is 12.3. The lowest BCUT2D eigenvalue weighted by Gasteiger charge is -2.34. The number of hydrogen-bond acceptors (Lipinski definition) is 7. The van der Waals surface area contributed by atoms with Crippen molar-refractivity contribution in [3.05, 3.63) is 60.5 Å². The minimum absolute atomic E-state index is 0.0272. The predicted octanol–water partition coefficient (Wildman–Crippen LogP) is 1.47. The highest BCUT2D eigenvalue weighted by atomic mass is 32.2. The molecule has 0 unspecified atom stereocenters. The molecule has 162 valence electrons. The quantitative estimate of drug-likeness (QED) is 0.401. The van der Waals surface area contributed by atoms with Crippen LogP contribution in [0.15, 0.2) is 59.6 Å². The highest BCUT2D eigenvalue weighted by molar-refractivity contribution is 7.93. The van der Waals surface area contributed by atoms with E-state index in [-0.39, 0.29) is 23.6 Å². The molecule has 0 aliphatic carbocycles. The van der Waals surface area contributed by atoms with Crippen LogP contribution in [-0.4, -0.2) is 52.4 Å². The molecule has 1 amide bonds. The van der Waals surface area contributed by atoms with Crippen LogP contribution in [0.2, 0.25) is 0 Å². The maximum Gasteiger partial charge on any atom is 0.265 e. The topological polar surface area (TPSA) is 126 Å². The van der Waals surface area contributed by atoms with Gasteiger partial charge in [0.15, 0.2) is 14.6 Å². The van der Waals surface area contributed by atoms with E-state index in [0.717, 1.165) is 0 Å². The third-order valence-electron chi connectivity index (χ3n) is 5.49. The Labute approximate surface area is 177 Å². The van der Waals surface area contributed by atoms with E-state index in [1.165, 1.54) is 34.4 Å². The molecule has 1 fully saturated rings. The van der Waals surface area contributed by atoms with Gasteiger partial charge in [-0.3, -0.25) is 10.0 Å². The third-order valence-corrected chi connectivity index (χ3v) is 8.00. The summed E-state index contributed by atoms with van der Waals surface area (Å²) in [6, 6.07) is 11.7. The third kappa shape index (κ3) is 3.71. The number of carbonyl (C=O) groups excluding carboxylic acids is 1. The van der Waals surface area contributed by atoms with Gasteiger partial charge in [-0.05, 0) is 74.5 Å². The minimum Gasteiger partial charge on any atom is -0.317 e. The first kappa shape index (κ1) is 21.1. The van der Waals surface area contributed by atoms with Crippen molar-refractivity contribution in [3.63, 3.8) is 0 Å². The molecule has 1 aliphatic rings. The van der Waals surface area contributed by atoms with Crippen LogP contribution in [0.3, 0.4) is 0 Å². The largest absolute Gasteiger partial charge is 0.317 e. The Hall–Kier alpha value is -3.15. The zero-order valence-corrected chi connectivity index (χ0v) is 17.1. The second-order valence-electron chi connectivity index (χ2n) is 7.24. The van der Waals surface area contributed by atoms with Gasteiger partial charge in [-0.15, -0.1) is 5.10 Å². The molecule has 2 heterocycles. The summed E-state index contributed by atoms with van der Waals surface area (Å²) in [5.74, 6) is -1.28. The van der Waals surface area contributed by atoms with E-state index < -0.39 is 20.5 Å². The van der Waals surface area contributed by atoms with Crippen LogP contribution in [0.25, 0.3) is 16.9 Å². The van der Waals surface area contributed by atoms with Gasteiger partial charge in [-0.2, -0.15) is 0 Å². The van der Waals surface area contributed by atoms with Gasteiger partial charge < -0.3 is 5.32 Å². The maximum absolute atomic E-state index is 13.3. The number of piperidine rings is 1. The Balaban J connectivity index is 1.63. The number of amides is 1. The zero-order valence-electron chi connectivity index (χ0n) is 16.3. The first-order valence-electron chi connectivity index (χ1n) is 9.56. The highest BCUT2D eigenvalue weighted by Gasteiger charge is 2.51. The summed E-state index contributed by atoms with van der Waals surface area (Å²) in [5.41, 5.74) is 3.30. The molecule has 0 spiro atoms. The standard InChI is InChI=1S/C20H20FN5O4S/c21-15-3-1-14(2-4-15)18-13-26(25-23-18)16-5-7-17(8-6-16)31(29,30)20(19(27)24-28)9-11-22-12-10-20/h1-8,13,22,28H,9-12H2,(H,24,27). The summed E-state index contributed by atoms with van der Waals surface area (Å²) in [6.07, 6.45) is 1.74. The zero-order chi connectivity index (χ0) is 22.1. The molecule has 0 saturated carbocycles. The molecule has 31 heavy (non-hydrogen) atoms. The Morgan fingerprint density at radius 2 is 1.74 bits per heavy atom. The Morgan fingerprint density at radius 1 is 1.10 bits per heavy atom. The van der Waals surface area contributed by atoms with Crippen LogP contribution in [0.5, 0.6) is 0 Å². The van der Waals surface area contributed by atoms with Gasteiger partial charge in [0.1, 0.15) is 11.5 Å². The second kappa shape index (κ2) is 8.17. The van der Waals surface area contributed by atoms with Gasteiger partial charge in [-0.25, -0.2) is 23.0 Å². The van der Waals surface area contributed by atoms with Gasteiger partial charge in [0, 0.05) is 5.56 Å². The van der Waals surface area contributed by atoms with E-state index >= 15 is 0 Å². The number of aromatic nitrogens is 3. The van der Waals surface area contributed by atoms with Crippen LogP contribution >= 0.6 is 0 Å². The SMILES string of the molecule is O=C(NO)C1(S(=O)(=O)c2ccc(-n3cc(-c4ccc(F)cc4)nn3)cc2)CCNCC1. The summed E-state index contributed by atoms with van der Waals surface area (Å²) in [7, 11) is -4.07. The lowest BCUT2D eigenvalue weighted by Crippen LogP contribution is -2.57. The van der Waals surface area contributed by atoms with Crippen LogP contribution in [0, 0.1) is 5.82 Å². The molecular formula is C20H20FN5O4S. The highest BCUT2D eigenvalue weighted by Crippen LogP contribution is 2.34. The molecule has 1 saturated heterocycles. The van der Waals surface area contributed by atoms with Gasteiger partial charge in [0.25, 0.3) is 5.91 Å². The van der Waals surface area contributed by atoms with Crippen molar-refractivity contribution in [2.75, 3.05) is 13.1 Å². The van der Waals surface area contributed by atoms with Crippen molar-refractivity contribution in [3.8, 4) is 16.9 Å². The van der Waals surface area contributed by atoms with Crippen LogP contribution in [-0.2, 0) is 14.6 Å². The number of benzene rings is 2. The first-order valence-corrected chi connectivity index (χ1v) is 11.0. The molecule has 1 aromatic heterocycles. The predicted molar refractivity (Wildman–Crippen MR) is 109 cm³/mol. The Bertz CT molecular complexity index is 1190. The van der Waals surface area contributed by atoms with E-state index in [2.05, 4.69) is 15.6 Å². The van der Waals surface area contributed by atoms with Crippen LogP contribution < -0.4 is 10.8 Å². The summed E-state index contributed by atoms with van der Waals surface area (Å²) in [5, 5.41) is 20.3. The average molecular weight is 445 g/mol. The lowest BCUT2D eigenvalue weighted by atomic mass is 9.96. The fraction of sp³-hybridized carbons (Fsp3) is 0.250. The van der Waals surface area contributed by atoms with Gasteiger partial charge in [-0.1, -0.05) is 5.21 Å². The average Bonchev–Trinajstić information content (AvgIpc) is 3.29. The number of hydrogen-bond donors (Lipinski definition) is 3. The number of nitrogens with one attached hydrogen (secondary N) is 2. The van der Waals surface area contributed by atoms with Gasteiger partial charge >= 0.3 is 0 Å². The molecule has 11 heteroatoms. The normalized spacial score (nSPS) is 16.1. The van der Waals surface area contributed by atoms with E-state index in [1.807, 2.05) is 0 Å². The number of nitrogens with zero attached hydrogens (tertiary/aromatic N) is 3. The monoisotopic (exact) mass is 445 g/mol. The van der Waals surface area contributed by atoms with Crippen molar-refractivity contribution < 1.29 is 22.8 Å². The fourth-order valence-electron chi connectivity index (χ4n) is 3.70. The summed E-state index contributed by atoms with van der Waals surface area (Å²) in [6.45, 7) is 0.686. The van der Waals surface area contributed by atoms with E-state index in [0.29, 0.717) is 30.0 Å². The molecular weight excluding hydrogens is 425 g/mol.